The molecule has 1 heterocycles. The van der Waals surface area contributed by atoms with Crippen molar-refractivity contribution in [3.63, 3.8) is 0 Å². The number of nitrogens with zero attached hydrogens (tertiary/aromatic N) is 2. The Morgan fingerprint density at radius 2 is 1.95 bits per heavy atom. The highest BCUT2D eigenvalue weighted by Gasteiger charge is 2.19. The summed E-state index contributed by atoms with van der Waals surface area (Å²) in [5.41, 5.74) is 3.39. The maximum Gasteiger partial charge on any atom is 0.304 e. The standard InChI is InChI=1S/C17H22N2O2S/c1-11-5-7-14(8-6-11)17-18-12(2)16(22-17)13(3)19(4)10-9-15(20)21/h5-8,13H,9-10H2,1-4H3,(H,20,21). The Morgan fingerprint density at radius 3 is 2.55 bits per heavy atom. The predicted molar refractivity (Wildman–Crippen MR) is 90.3 cm³/mol. The van der Waals surface area contributed by atoms with E-state index in [-0.39, 0.29) is 12.5 Å². The van der Waals surface area contributed by atoms with Gasteiger partial charge in [-0.25, -0.2) is 4.98 Å². The molecule has 22 heavy (non-hydrogen) atoms. The second kappa shape index (κ2) is 7.03. The SMILES string of the molecule is Cc1ccc(-c2nc(C)c(C(C)N(C)CCC(=O)O)s2)cc1. The van der Waals surface area contributed by atoms with E-state index in [9.17, 15) is 4.79 Å². The summed E-state index contributed by atoms with van der Waals surface area (Å²) >= 11 is 1.69. The summed E-state index contributed by atoms with van der Waals surface area (Å²) in [5, 5.41) is 9.83. The van der Waals surface area contributed by atoms with Crippen molar-refractivity contribution < 1.29 is 9.90 Å². The van der Waals surface area contributed by atoms with Gasteiger partial charge in [-0.05, 0) is 27.8 Å². The molecule has 1 aromatic carbocycles. The Kier molecular flexibility index (Phi) is 5.32. The summed E-state index contributed by atoms with van der Waals surface area (Å²) in [6.07, 6.45) is 0.156. The molecule has 0 radical (unpaired) electrons. The smallest absolute Gasteiger partial charge is 0.304 e. The summed E-state index contributed by atoms with van der Waals surface area (Å²) in [7, 11) is 1.96. The average molecular weight is 318 g/mol. The number of thiazole rings is 1. The number of rotatable bonds is 6. The van der Waals surface area contributed by atoms with Gasteiger partial charge in [0.25, 0.3) is 0 Å². The number of aryl methyl sites for hydroxylation is 2. The van der Waals surface area contributed by atoms with Gasteiger partial charge in [0, 0.05) is 23.0 Å². The topological polar surface area (TPSA) is 53.4 Å². The molecule has 0 spiro atoms. The summed E-state index contributed by atoms with van der Waals surface area (Å²) in [6, 6.07) is 8.53. The minimum atomic E-state index is -0.763. The average Bonchev–Trinajstić information content (AvgIpc) is 2.86. The quantitative estimate of drug-likeness (QED) is 0.878. The fourth-order valence-electron chi connectivity index (χ4n) is 2.28. The van der Waals surface area contributed by atoms with Crippen LogP contribution in [0, 0.1) is 13.8 Å². The van der Waals surface area contributed by atoms with Crippen molar-refractivity contribution in [1.29, 1.82) is 0 Å². The van der Waals surface area contributed by atoms with E-state index in [0.29, 0.717) is 6.54 Å². The van der Waals surface area contributed by atoms with Crippen LogP contribution in [0.1, 0.15) is 35.5 Å². The molecule has 0 aliphatic carbocycles. The first-order valence-corrected chi connectivity index (χ1v) is 8.16. The number of carboxylic acids is 1. The highest BCUT2D eigenvalue weighted by Crippen LogP contribution is 2.33. The number of carboxylic acid groups (broad SMARTS) is 1. The van der Waals surface area contributed by atoms with Gasteiger partial charge in [0.1, 0.15) is 5.01 Å². The molecule has 1 atom stereocenters. The fraction of sp³-hybridized carbons (Fsp3) is 0.412. The van der Waals surface area contributed by atoms with E-state index in [1.807, 2.05) is 14.0 Å². The molecule has 0 aliphatic rings. The zero-order chi connectivity index (χ0) is 16.3. The van der Waals surface area contributed by atoms with Gasteiger partial charge in [-0.2, -0.15) is 0 Å². The first kappa shape index (κ1) is 16.6. The van der Waals surface area contributed by atoms with E-state index in [0.717, 1.165) is 16.3 Å². The second-order valence-electron chi connectivity index (χ2n) is 5.64. The third-order valence-corrected chi connectivity index (χ3v) is 5.23. The second-order valence-corrected chi connectivity index (χ2v) is 6.67. The van der Waals surface area contributed by atoms with Crippen molar-refractivity contribution in [2.75, 3.05) is 13.6 Å². The van der Waals surface area contributed by atoms with Crippen LogP contribution in [0.15, 0.2) is 24.3 Å². The molecule has 0 fully saturated rings. The van der Waals surface area contributed by atoms with E-state index >= 15 is 0 Å². The zero-order valence-corrected chi connectivity index (χ0v) is 14.3. The maximum atomic E-state index is 10.7. The number of aromatic nitrogens is 1. The predicted octanol–water partition coefficient (Wildman–Crippen LogP) is 3.89. The van der Waals surface area contributed by atoms with Crippen LogP contribution in [0.25, 0.3) is 10.6 Å². The van der Waals surface area contributed by atoms with Crippen LogP contribution in [0.4, 0.5) is 0 Å². The van der Waals surface area contributed by atoms with Crippen molar-refractivity contribution >= 4 is 17.3 Å². The Bertz CT molecular complexity index is 649. The van der Waals surface area contributed by atoms with Crippen molar-refractivity contribution in [1.82, 2.24) is 9.88 Å². The summed E-state index contributed by atoms with van der Waals surface area (Å²) in [6.45, 7) is 6.72. The molecule has 0 saturated carbocycles. The van der Waals surface area contributed by atoms with Gasteiger partial charge in [-0.1, -0.05) is 29.8 Å². The number of aliphatic carboxylic acids is 1. The van der Waals surface area contributed by atoms with Crippen LogP contribution in [0.2, 0.25) is 0 Å². The molecule has 2 aromatic rings. The molecule has 118 valence electrons. The molecule has 2 rings (SSSR count). The van der Waals surface area contributed by atoms with Crippen molar-refractivity contribution in [3.05, 3.63) is 40.4 Å². The Hall–Kier alpha value is -1.72. The normalized spacial score (nSPS) is 12.6. The van der Waals surface area contributed by atoms with Gasteiger partial charge in [0.05, 0.1) is 12.1 Å². The lowest BCUT2D eigenvalue weighted by Gasteiger charge is -2.23. The van der Waals surface area contributed by atoms with Crippen LogP contribution in [0.3, 0.4) is 0 Å². The monoisotopic (exact) mass is 318 g/mol. The van der Waals surface area contributed by atoms with Crippen molar-refractivity contribution in [3.8, 4) is 10.6 Å². The summed E-state index contributed by atoms with van der Waals surface area (Å²) in [5.74, 6) is -0.763. The van der Waals surface area contributed by atoms with Crippen molar-refractivity contribution in [2.24, 2.45) is 0 Å². The van der Waals surface area contributed by atoms with Gasteiger partial charge in [0.2, 0.25) is 0 Å². The highest BCUT2D eigenvalue weighted by atomic mass is 32.1. The molecule has 1 aromatic heterocycles. The van der Waals surface area contributed by atoms with Crippen LogP contribution in [-0.4, -0.2) is 34.6 Å². The third kappa shape index (κ3) is 3.93. The number of hydrogen-bond donors (Lipinski definition) is 1. The van der Waals surface area contributed by atoms with E-state index in [1.54, 1.807) is 11.3 Å². The molecular weight excluding hydrogens is 296 g/mol. The first-order chi connectivity index (χ1) is 10.4. The molecule has 0 saturated heterocycles. The van der Waals surface area contributed by atoms with Crippen LogP contribution < -0.4 is 0 Å². The molecule has 0 amide bonds. The van der Waals surface area contributed by atoms with Gasteiger partial charge in [0.15, 0.2) is 0 Å². The van der Waals surface area contributed by atoms with Crippen molar-refractivity contribution in [2.45, 2.75) is 33.2 Å². The van der Waals surface area contributed by atoms with E-state index in [2.05, 4.69) is 48.0 Å². The Morgan fingerprint density at radius 1 is 1.32 bits per heavy atom. The highest BCUT2D eigenvalue weighted by molar-refractivity contribution is 7.15. The molecule has 0 aliphatic heterocycles. The molecule has 0 bridgehead atoms. The lowest BCUT2D eigenvalue weighted by atomic mass is 10.1. The van der Waals surface area contributed by atoms with Crippen LogP contribution >= 0.6 is 11.3 Å². The zero-order valence-electron chi connectivity index (χ0n) is 13.5. The van der Waals surface area contributed by atoms with Gasteiger partial charge >= 0.3 is 5.97 Å². The number of hydrogen-bond acceptors (Lipinski definition) is 4. The van der Waals surface area contributed by atoms with Crippen LogP contribution in [0.5, 0.6) is 0 Å². The van der Waals surface area contributed by atoms with Gasteiger partial charge in [-0.15, -0.1) is 11.3 Å². The van der Waals surface area contributed by atoms with Crippen LogP contribution in [-0.2, 0) is 4.79 Å². The minimum absolute atomic E-state index is 0.156. The molecule has 4 nitrogen and oxygen atoms in total. The summed E-state index contributed by atoms with van der Waals surface area (Å²) in [4.78, 5) is 18.7. The molecule has 1 unspecified atom stereocenters. The minimum Gasteiger partial charge on any atom is -0.481 e. The Balaban J connectivity index is 2.18. The number of benzene rings is 1. The van der Waals surface area contributed by atoms with Gasteiger partial charge < -0.3 is 5.11 Å². The fourth-order valence-corrected chi connectivity index (χ4v) is 3.47. The Labute approximate surface area is 135 Å². The summed E-state index contributed by atoms with van der Waals surface area (Å²) < 4.78 is 0. The molecule has 1 N–H and O–H groups in total. The number of carbonyl (C=O) groups is 1. The van der Waals surface area contributed by atoms with E-state index < -0.39 is 5.97 Å². The van der Waals surface area contributed by atoms with E-state index in [4.69, 9.17) is 5.11 Å². The molecular formula is C17H22N2O2S. The van der Waals surface area contributed by atoms with Gasteiger partial charge in [-0.3, -0.25) is 9.69 Å². The largest absolute Gasteiger partial charge is 0.481 e. The first-order valence-electron chi connectivity index (χ1n) is 7.35. The lowest BCUT2D eigenvalue weighted by Crippen LogP contribution is -2.25. The lowest BCUT2D eigenvalue weighted by molar-refractivity contribution is -0.137. The third-order valence-electron chi connectivity index (χ3n) is 3.85. The van der Waals surface area contributed by atoms with E-state index in [1.165, 1.54) is 10.4 Å². The maximum absolute atomic E-state index is 10.7. The molecule has 5 heteroatoms.